The van der Waals surface area contributed by atoms with E-state index in [-0.39, 0.29) is 48.4 Å². The first-order valence-corrected chi connectivity index (χ1v) is 15.7. The number of nitrogens with one attached hydrogen (secondary N) is 1. The van der Waals surface area contributed by atoms with E-state index in [9.17, 15) is 26.4 Å². The van der Waals surface area contributed by atoms with E-state index >= 15 is 0 Å². The number of aliphatic imine (C=N–C) groups is 1. The molecule has 0 aliphatic carbocycles. The molecule has 4 rings (SSSR count). The van der Waals surface area contributed by atoms with Crippen molar-refractivity contribution in [2.75, 3.05) is 39.2 Å². The van der Waals surface area contributed by atoms with Crippen LogP contribution in [0.25, 0.3) is 0 Å². The molecule has 1 fully saturated rings. The summed E-state index contributed by atoms with van der Waals surface area (Å²) in [6.07, 6.45) is 1.88. The van der Waals surface area contributed by atoms with Gasteiger partial charge in [0.1, 0.15) is 11.4 Å². The molecule has 0 atom stereocenters. The highest BCUT2D eigenvalue weighted by Gasteiger charge is 2.47. The Morgan fingerprint density at radius 2 is 1.76 bits per heavy atom. The van der Waals surface area contributed by atoms with E-state index in [2.05, 4.69) is 10.3 Å². The summed E-state index contributed by atoms with van der Waals surface area (Å²) in [7, 11) is -3.64. The standard InChI is InChI=1S/C26H32N4O6S2/c1-18-16-21(24(31)29(2)3)9-8-19(18)10-15-38(35,36)30-13-11-26(12-14-30)25(32)27-23(28-26)20-6-5-7-22(17-20)37(4,33)34/h5-9,16-17H,10-15H2,1-4H3,(H,27,28,32). The number of benzene rings is 2. The van der Waals surface area contributed by atoms with Crippen molar-refractivity contribution >= 4 is 37.5 Å². The van der Waals surface area contributed by atoms with Gasteiger partial charge in [-0.15, -0.1) is 0 Å². The lowest BCUT2D eigenvalue weighted by atomic mass is 9.89. The highest BCUT2D eigenvalue weighted by atomic mass is 32.2. The van der Waals surface area contributed by atoms with E-state index in [0.717, 1.165) is 17.4 Å². The van der Waals surface area contributed by atoms with Crippen LogP contribution in [0.4, 0.5) is 0 Å². The first kappa shape index (κ1) is 27.9. The summed E-state index contributed by atoms with van der Waals surface area (Å²) in [6.45, 7) is 2.18. The van der Waals surface area contributed by atoms with E-state index in [1.165, 1.54) is 21.3 Å². The zero-order valence-electron chi connectivity index (χ0n) is 21.9. The van der Waals surface area contributed by atoms with Crippen LogP contribution < -0.4 is 5.32 Å². The fourth-order valence-corrected chi connectivity index (χ4v) is 6.88. The van der Waals surface area contributed by atoms with Gasteiger partial charge in [0.25, 0.3) is 11.8 Å². The van der Waals surface area contributed by atoms with Crippen molar-refractivity contribution in [3.8, 4) is 0 Å². The van der Waals surface area contributed by atoms with E-state index in [1.807, 2.05) is 6.92 Å². The average molecular weight is 561 g/mol. The Balaban J connectivity index is 1.42. The molecule has 2 amide bonds. The van der Waals surface area contributed by atoms with Gasteiger partial charge in [0.15, 0.2) is 9.84 Å². The maximum absolute atomic E-state index is 13.1. The number of rotatable bonds is 7. The van der Waals surface area contributed by atoms with Gasteiger partial charge >= 0.3 is 0 Å². The number of carbonyl (C=O) groups excluding carboxylic acids is 2. The van der Waals surface area contributed by atoms with Crippen LogP contribution in [-0.4, -0.2) is 88.4 Å². The smallest absolute Gasteiger partial charge is 0.253 e. The number of hydrogen-bond acceptors (Lipinski definition) is 7. The fourth-order valence-electron chi connectivity index (χ4n) is 4.74. The van der Waals surface area contributed by atoms with Crippen molar-refractivity contribution in [3.63, 3.8) is 0 Å². The lowest BCUT2D eigenvalue weighted by molar-refractivity contribution is -0.124. The monoisotopic (exact) mass is 560 g/mol. The third-order valence-electron chi connectivity index (χ3n) is 7.08. The third-order valence-corrected chi connectivity index (χ3v) is 10.1. The molecule has 204 valence electrons. The van der Waals surface area contributed by atoms with Crippen LogP contribution in [0, 0.1) is 6.92 Å². The number of hydrogen-bond donors (Lipinski definition) is 1. The summed E-state index contributed by atoms with van der Waals surface area (Å²) >= 11 is 0. The van der Waals surface area contributed by atoms with Crippen LogP contribution in [0.3, 0.4) is 0 Å². The van der Waals surface area contributed by atoms with Crippen molar-refractivity contribution in [1.29, 1.82) is 0 Å². The van der Waals surface area contributed by atoms with Crippen molar-refractivity contribution in [1.82, 2.24) is 14.5 Å². The predicted molar refractivity (Wildman–Crippen MR) is 144 cm³/mol. The molecular weight excluding hydrogens is 528 g/mol. The largest absolute Gasteiger partial charge is 0.345 e. The second kappa shape index (κ2) is 10.2. The molecule has 0 unspecified atom stereocenters. The van der Waals surface area contributed by atoms with Crippen molar-refractivity contribution in [2.24, 2.45) is 4.99 Å². The summed E-state index contributed by atoms with van der Waals surface area (Å²) in [6, 6.07) is 11.5. The molecule has 12 heteroatoms. The number of amides is 2. The Labute approximate surface area is 223 Å². The fraction of sp³-hybridized carbons (Fsp3) is 0.423. The highest BCUT2D eigenvalue weighted by molar-refractivity contribution is 7.90. The van der Waals surface area contributed by atoms with Crippen molar-refractivity contribution in [3.05, 3.63) is 64.7 Å². The molecule has 2 aromatic rings. The Morgan fingerprint density at radius 3 is 2.37 bits per heavy atom. The first-order chi connectivity index (χ1) is 17.7. The minimum absolute atomic E-state index is 0.0825. The number of piperidine rings is 1. The van der Waals surface area contributed by atoms with Crippen molar-refractivity contribution in [2.45, 2.75) is 36.6 Å². The number of sulfone groups is 1. The molecule has 2 aromatic carbocycles. The van der Waals surface area contributed by atoms with Gasteiger partial charge in [0.05, 0.1) is 10.6 Å². The molecule has 2 heterocycles. The summed E-state index contributed by atoms with van der Waals surface area (Å²) in [5.74, 6) is -0.207. The molecule has 1 spiro atoms. The maximum atomic E-state index is 13.1. The van der Waals surface area contributed by atoms with Gasteiger partial charge in [-0.05, 0) is 61.6 Å². The molecular formula is C26H32N4O6S2. The molecule has 10 nitrogen and oxygen atoms in total. The Kier molecular flexibility index (Phi) is 7.52. The lowest BCUT2D eigenvalue weighted by Gasteiger charge is -2.34. The van der Waals surface area contributed by atoms with Gasteiger partial charge in [0, 0.05) is 44.6 Å². The Hall–Kier alpha value is -3.09. The molecule has 1 saturated heterocycles. The van der Waals surface area contributed by atoms with Crippen LogP contribution in [0.2, 0.25) is 0 Å². The molecule has 0 saturated carbocycles. The molecule has 0 aromatic heterocycles. The average Bonchev–Trinajstić information content (AvgIpc) is 3.17. The van der Waals surface area contributed by atoms with E-state index < -0.39 is 25.4 Å². The van der Waals surface area contributed by atoms with Gasteiger partial charge < -0.3 is 10.2 Å². The number of aryl methyl sites for hydroxylation is 2. The molecule has 1 N–H and O–H groups in total. The first-order valence-electron chi connectivity index (χ1n) is 12.2. The maximum Gasteiger partial charge on any atom is 0.253 e. The predicted octanol–water partition coefficient (Wildman–Crippen LogP) is 1.38. The van der Waals surface area contributed by atoms with E-state index in [0.29, 0.717) is 23.4 Å². The van der Waals surface area contributed by atoms with Crippen LogP contribution in [0.5, 0.6) is 0 Å². The molecule has 2 aliphatic heterocycles. The van der Waals surface area contributed by atoms with E-state index in [4.69, 9.17) is 0 Å². The van der Waals surface area contributed by atoms with E-state index in [1.54, 1.807) is 44.4 Å². The lowest BCUT2D eigenvalue weighted by Crippen LogP contribution is -2.50. The van der Waals surface area contributed by atoms with Gasteiger partial charge in [-0.2, -0.15) is 0 Å². The topological polar surface area (TPSA) is 133 Å². The summed E-state index contributed by atoms with van der Waals surface area (Å²) < 4.78 is 51.4. The second-order valence-corrected chi connectivity index (χ2v) is 14.2. The Bertz CT molecular complexity index is 1520. The SMILES string of the molecule is Cc1cc(C(=O)N(C)C)ccc1CCS(=O)(=O)N1CCC2(CC1)N=C(c1cccc(S(C)(=O)=O)c1)NC2=O. The zero-order chi connectivity index (χ0) is 27.9. The summed E-state index contributed by atoms with van der Waals surface area (Å²) in [4.78, 5) is 31.3. The normalized spacial score (nSPS) is 17.8. The number of amidine groups is 1. The molecule has 2 aliphatic rings. The second-order valence-electron chi connectivity index (χ2n) is 10.1. The minimum Gasteiger partial charge on any atom is -0.345 e. The van der Waals surface area contributed by atoms with Crippen LogP contribution in [0.1, 0.15) is 39.9 Å². The van der Waals surface area contributed by atoms with Gasteiger partial charge in [-0.25, -0.2) is 21.1 Å². The number of carbonyl (C=O) groups is 2. The quantitative estimate of drug-likeness (QED) is 0.544. The van der Waals surface area contributed by atoms with Crippen LogP contribution in [0.15, 0.2) is 52.4 Å². The highest BCUT2D eigenvalue weighted by Crippen LogP contribution is 2.32. The van der Waals surface area contributed by atoms with Crippen LogP contribution in [-0.2, 0) is 31.1 Å². The van der Waals surface area contributed by atoms with Crippen molar-refractivity contribution < 1.29 is 26.4 Å². The molecule has 0 bridgehead atoms. The van der Waals surface area contributed by atoms with Gasteiger partial charge in [-0.3, -0.25) is 14.6 Å². The molecule has 0 radical (unpaired) electrons. The summed E-state index contributed by atoms with van der Waals surface area (Å²) in [5, 5.41) is 2.76. The minimum atomic E-state index is -3.58. The van der Waals surface area contributed by atoms with Gasteiger partial charge in [-0.1, -0.05) is 18.2 Å². The number of sulfonamides is 1. The molecule has 38 heavy (non-hydrogen) atoms. The number of nitrogens with zero attached hydrogens (tertiary/aromatic N) is 3. The summed E-state index contributed by atoms with van der Waals surface area (Å²) in [5.41, 5.74) is 1.68. The third kappa shape index (κ3) is 5.67. The van der Waals surface area contributed by atoms with Gasteiger partial charge in [0.2, 0.25) is 10.0 Å². The van der Waals surface area contributed by atoms with Crippen LogP contribution >= 0.6 is 0 Å². The zero-order valence-corrected chi connectivity index (χ0v) is 23.5. The Morgan fingerprint density at radius 1 is 1.08 bits per heavy atom.